The normalized spacial score (nSPS) is 20.3. The monoisotopic (exact) mass is 483 g/mol. The van der Waals surface area contributed by atoms with Crippen molar-refractivity contribution >= 4 is 17.4 Å². The van der Waals surface area contributed by atoms with Crippen LogP contribution in [0.1, 0.15) is 48.6 Å². The van der Waals surface area contributed by atoms with Crippen LogP contribution in [0.4, 0.5) is 0 Å². The molecule has 0 radical (unpaired) electrons. The van der Waals surface area contributed by atoms with Gasteiger partial charge in [-0.25, -0.2) is 0 Å². The summed E-state index contributed by atoms with van der Waals surface area (Å²) in [5.41, 5.74) is 3.19. The Morgan fingerprint density at radius 2 is 1.81 bits per heavy atom. The highest BCUT2D eigenvalue weighted by Gasteiger charge is 2.46. The number of aliphatic hydroxyl groups is 1. The largest absolute Gasteiger partial charge is 0.507 e. The molecule has 2 atom stereocenters. The van der Waals surface area contributed by atoms with E-state index in [4.69, 9.17) is 9.47 Å². The summed E-state index contributed by atoms with van der Waals surface area (Å²) in [4.78, 5) is 28.1. The van der Waals surface area contributed by atoms with Crippen molar-refractivity contribution < 1.29 is 24.2 Å². The SMILES string of the molecule is CCCOc1ccc([C@@H]2C(=C(O)c3ccc4c(c3)C[C@@H](C)O4)C(=O)C(=O)N2Cc2ccccc2)cc1. The standard InChI is InChI=1S/C30H29NO5/c1-3-15-35-24-12-9-21(10-13-24)27-26(28(32)22-11-14-25-23(17-22)16-19(2)36-25)29(33)30(34)31(27)18-20-7-5-4-6-8-20/h4-14,17,19,27,32H,3,15-16,18H2,1-2H3/t19-,27-/m1/s1. The molecule has 6 nitrogen and oxygen atoms in total. The summed E-state index contributed by atoms with van der Waals surface area (Å²) in [5.74, 6) is -0.00147. The lowest BCUT2D eigenvalue weighted by Gasteiger charge is -2.25. The number of Topliss-reactive ketones (excluding diaryl/α,β-unsaturated/α-hetero) is 1. The van der Waals surface area contributed by atoms with E-state index < -0.39 is 17.7 Å². The first-order valence-electron chi connectivity index (χ1n) is 12.3. The first-order chi connectivity index (χ1) is 17.5. The van der Waals surface area contributed by atoms with Gasteiger partial charge in [0.05, 0.1) is 18.2 Å². The predicted octanol–water partition coefficient (Wildman–Crippen LogP) is 5.42. The molecule has 0 spiro atoms. The van der Waals surface area contributed by atoms with E-state index in [1.165, 1.54) is 4.90 Å². The molecule has 6 heteroatoms. The number of rotatable bonds is 7. The number of fused-ring (bicyclic) bond motifs is 1. The van der Waals surface area contributed by atoms with Crippen LogP contribution in [0.5, 0.6) is 11.5 Å². The molecule has 2 aliphatic rings. The van der Waals surface area contributed by atoms with Gasteiger partial charge < -0.3 is 19.5 Å². The van der Waals surface area contributed by atoms with Gasteiger partial charge in [-0.2, -0.15) is 0 Å². The Balaban J connectivity index is 1.58. The van der Waals surface area contributed by atoms with Gasteiger partial charge in [-0.1, -0.05) is 49.4 Å². The molecule has 3 aromatic rings. The fourth-order valence-corrected chi connectivity index (χ4v) is 4.86. The number of ketones is 1. The minimum absolute atomic E-state index is 0.0577. The van der Waals surface area contributed by atoms with Gasteiger partial charge in [0.25, 0.3) is 11.7 Å². The van der Waals surface area contributed by atoms with Crippen LogP contribution in [0.15, 0.2) is 78.4 Å². The Hall–Kier alpha value is -4.06. The predicted molar refractivity (Wildman–Crippen MR) is 137 cm³/mol. The Kier molecular flexibility index (Phi) is 6.51. The average molecular weight is 484 g/mol. The fraction of sp³-hybridized carbons (Fsp3) is 0.267. The first-order valence-corrected chi connectivity index (χ1v) is 12.3. The van der Waals surface area contributed by atoms with E-state index in [1.54, 1.807) is 6.07 Å². The number of hydrogen-bond acceptors (Lipinski definition) is 5. The molecular weight excluding hydrogens is 454 g/mol. The molecule has 0 bridgehead atoms. The molecular formula is C30H29NO5. The topological polar surface area (TPSA) is 76.1 Å². The van der Waals surface area contributed by atoms with E-state index in [0.717, 1.165) is 35.3 Å². The van der Waals surface area contributed by atoms with Crippen molar-refractivity contribution in [3.8, 4) is 11.5 Å². The highest BCUT2D eigenvalue weighted by atomic mass is 16.5. The second kappa shape index (κ2) is 9.90. The lowest BCUT2D eigenvalue weighted by Crippen LogP contribution is -2.29. The van der Waals surface area contributed by atoms with Crippen molar-refractivity contribution in [2.45, 2.75) is 45.4 Å². The van der Waals surface area contributed by atoms with E-state index in [2.05, 4.69) is 0 Å². The second-order valence-corrected chi connectivity index (χ2v) is 9.29. The summed E-state index contributed by atoms with van der Waals surface area (Å²) >= 11 is 0. The molecule has 1 saturated heterocycles. The van der Waals surface area contributed by atoms with Crippen molar-refractivity contribution in [1.82, 2.24) is 4.90 Å². The highest BCUT2D eigenvalue weighted by Crippen LogP contribution is 2.41. The first kappa shape index (κ1) is 23.7. The molecule has 2 heterocycles. The van der Waals surface area contributed by atoms with Gasteiger partial charge in [-0.05, 0) is 60.4 Å². The maximum atomic E-state index is 13.3. The number of carbonyl (C=O) groups excluding carboxylic acids is 2. The zero-order valence-electron chi connectivity index (χ0n) is 20.4. The smallest absolute Gasteiger partial charge is 0.295 e. The number of ether oxygens (including phenoxy) is 2. The van der Waals surface area contributed by atoms with Gasteiger partial charge in [0.2, 0.25) is 0 Å². The quantitative estimate of drug-likeness (QED) is 0.276. The van der Waals surface area contributed by atoms with Crippen LogP contribution in [0, 0.1) is 0 Å². The van der Waals surface area contributed by atoms with Crippen molar-refractivity contribution in [2.75, 3.05) is 6.61 Å². The van der Waals surface area contributed by atoms with Crippen LogP contribution in [-0.2, 0) is 22.6 Å². The molecule has 3 aromatic carbocycles. The zero-order chi connectivity index (χ0) is 25.2. The molecule has 184 valence electrons. The van der Waals surface area contributed by atoms with Crippen LogP contribution in [0.2, 0.25) is 0 Å². The van der Waals surface area contributed by atoms with Crippen LogP contribution < -0.4 is 9.47 Å². The number of hydrogen-bond donors (Lipinski definition) is 1. The van der Waals surface area contributed by atoms with Gasteiger partial charge in [-0.15, -0.1) is 0 Å². The molecule has 1 amide bonds. The number of nitrogens with zero attached hydrogens (tertiary/aromatic N) is 1. The molecule has 1 fully saturated rings. The molecule has 0 saturated carbocycles. The summed E-state index contributed by atoms with van der Waals surface area (Å²) in [6.07, 6.45) is 1.67. The Labute approximate surface area is 210 Å². The van der Waals surface area contributed by atoms with Gasteiger partial charge in [0.1, 0.15) is 23.4 Å². The molecule has 0 unspecified atom stereocenters. The van der Waals surface area contributed by atoms with Gasteiger partial charge in [0, 0.05) is 18.5 Å². The van der Waals surface area contributed by atoms with Crippen LogP contribution in [-0.4, -0.2) is 34.4 Å². The summed E-state index contributed by atoms with van der Waals surface area (Å²) in [5, 5.41) is 11.4. The van der Waals surface area contributed by atoms with Gasteiger partial charge in [0.15, 0.2) is 0 Å². The molecule has 5 rings (SSSR count). The fourth-order valence-electron chi connectivity index (χ4n) is 4.86. The average Bonchev–Trinajstić information content (AvgIpc) is 3.39. The number of carbonyl (C=O) groups is 2. The van der Waals surface area contributed by atoms with E-state index in [0.29, 0.717) is 17.9 Å². The van der Waals surface area contributed by atoms with Crippen molar-refractivity contribution in [2.24, 2.45) is 0 Å². The van der Waals surface area contributed by atoms with Gasteiger partial charge >= 0.3 is 0 Å². The molecule has 1 N–H and O–H groups in total. The van der Waals surface area contributed by atoms with Crippen molar-refractivity contribution in [3.63, 3.8) is 0 Å². The van der Waals surface area contributed by atoms with Crippen molar-refractivity contribution in [3.05, 3.63) is 101 Å². The molecule has 36 heavy (non-hydrogen) atoms. The zero-order valence-corrected chi connectivity index (χ0v) is 20.4. The van der Waals surface area contributed by atoms with E-state index in [-0.39, 0.29) is 24.0 Å². The number of aliphatic hydroxyl groups excluding tert-OH is 1. The maximum absolute atomic E-state index is 13.3. The number of likely N-dealkylation sites (tertiary alicyclic amines) is 1. The summed E-state index contributed by atoms with van der Waals surface area (Å²) < 4.78 is 11.5. The van der Waals surface area contributed by atoms with Crippen molar-refractivity contribution in [1.29, 1.82) is 0 Å². The molecule has 0 aromatic heterocycles. The lowest BCUT2D eigenvalue weighted by atomic mass is 9.94. The Morgan fingerprint density at radius 3 is 2.53 bits per heavy atom. The van der Waals surface area contributed by atoms with E-state index in [9.17, 15) is 14.7 Å². The third-order valence-electron chi connectivity index (χ3n) is 6.57. The third kappa shape index (κ3) is 4.47. The second-order valence-electron chi connectivity index (χ2n) is 9.29. The summed E-state index contributed by atoms with van der Waals surface area (Å²) in [6.45, 7) is 4.88. The maximum Gasteiger partial charge on any atom is 0.295 e. The summed E-state index contributed by atoms with van der Waals surface area (Å²) in [6, 6.07) is 21.6. The Morgan fingerprint density at radius 1 is 1.06 bits per heavy atom. The summed E-state index contributed by atoms with van der Waals surface area (Å²) in [7, 11) is 0. The lowest BCUT2D eigenvalue weighted by molar-refractivity contribution is -0.140. The van der Waals surface area contributed by atoms with Crippen LogP contribution >= 0.6 is 0 Å². The third-order valence-corrected chi connectivity index (χ3v) is 6.57. The minimum Gasteiger partial charge on any atom is -0.507 e. The molecule has 0 aliphatic carbocycles. The minimum atomic E-state index is -0.728. The Bertz CT molecular complexity index is 1310. The van der Waals surface area contributed by atoms with E-state index in [1.807, 2.05) is 80.6 Å². The van der Waals surface area contributed by atoms with Gasteiger partial charge in [-0.3, -0.25) is 9.59 Å². The van der Waals surface area contributed by atoms with Crippen LogP contribution in [0.3, 0.4) is 0 Å². The molecule has 2 aliphatic heterocycles. The number of benzene rings is 3. The van der Waals surface area contributed by atoms with Crippen LogP contribution in [0.25, 0.3) is 5.76 Å². The highest BCUT2D eigenvalue weighted by molar-refractivity contribution is 6.46. The van der Waals surface area contributed by atoms with E-state index >= 15 is 0 Å². The number of amides is 1.